The molecule has 0 radical (unpaired) electrons. The molecule has 5 nitrogen and oxygen atoms in total. The first-order valence-electron chi connectivity index (χ1n) is 4.95. The number of hydrogen-bond donors (Lipinski definition) is 0. The first-order chi connectivity index (χ1) is 8.60. The summed E-state index contributed by atoms with van der Waals surface area (Å²) in [6.45, 7) is 0. The highest BCUT2D eigenvalue weighted by Crippen LogP contribution is 2.26. The van der Waals surface area contributed by atoms with E-state index in [-0.39, 0.29) is 24.0 Å². The molecule has 0 unspecified atom stereocenters. The van der Waals surface area contributed by atoms with E-state index < -0.39 is 5.97 Å². The van der Waals surface area contributed by atoms with E-state index in [2.05, 4.69) is 30.8 Å². The number of benzene rings is 1. The van der Waals surface area contributed by atoms with E-state index >= 15 is 0 Å². The molecule has 2 rings (SSSR count). The van der Waals surface area contributed by atoms with Gasteiger partial charge < -0.3 is 9.26 Å². The van der Waals surface area contributed by atoms with Crippen molar-refractivity contribution in [3.8, 4) is 11.4 Å². The summed E-state index contributed by atoms with van der Waals surface area (Å²) in [4.78, 5) is 15.1. The number of carbonyl (C=O) groups is 1. The first-order valence-corrected chi connectivity index (χ1v) is 5.74. The van der Waals surface area contributed by atoms with Crippen LogP contribution >= 0.6 is 15.9 Å². The first kappa shape index (κ1) is 12.7. The fourth-order valence-corrected chi connectivity index (χ4v) is 1.83. The van der Waals surface area contributed by atoms with Crippen LogP contribution in [0.2, 0.25) is 0 Å². The summed E-state index contributed by atoms with van der Waals surface area (Å²) in [7, 11) is 1.27. The molecule has 0 spiro atoms. The molecule has 18 heavy (non-hydrogen) atoms. The molecule has 0 saturated heterocycles. The number of hydrogen-bond acceptors (Lipinski definition) is 5. The van der Waals surface area contributed by atoms with Crippen LogP contribution in [0.5, 0.6) is 0 Å². The van der Waals surface area contributed by atoms with Crippen LogP contribution in [0.1, 0.15) is 5.89 Å². The molecule has 0 saturated carbocycles. The maximum atomic E-state index is 12.9. The second-order valence-corrected chi connectivity index (χ2v) is 4.24. The van der Waals surface area contributed by atoms with Gasteiger partial charge in [0.1, 0.15) is 12.2 Å². The van der Waals surface area contributed by atoms with Gasteiger partial charge in [0, 0.05) is 10.0 Å². The third-order valence-electron chi connectivity index (χ3n) is 2.16. The highest BCUT2D eigenvalue weighted by Gasteiger charge is 2.14. The van der Waals surface area contributed by atoms with E-state index in [4.69, 9.17) is 4.52 Å². The van der Waals surface area contributed by atoms with Gasteiger partial charge in [-0.25, -0.2) is 4.39 Å². The van der Waals surface area contributed by atoms with E-state index in [1.807, 2.05) is 0 Å². The van der Waals surface area contributed by atoms with Gasteiger partial charge in [0.25, 0.3) is 0 Å². The van der Waals surface area contributed by atoms with Gasteiger partial charge in [-0.15, -0.1) is 0 Å². The number of aromatic nitrogens is 2. The van der Waals surface area contributed by atoms with Gasteiger partial charge in [-0.05, 0) is 34.1 Å². The van der Waals surface area contributed by atoms with Gasteiger partial charge in [-0.2, -0.15) is 4.98 Å². The lowest BCUT2D eigenvalue weighted by Crippen LogP contribution is -2.04. The summed E-state index contributed by atoms with van der Waals surface area (Å²) in [5.74, 6) is -0.416. The molecule has 1 aromatic heterocycles. The van der Waals surface area contributed by atoms with E-state index in [1.165, 1.54) is 25.3 Å². The second kappa shape index (κ2) is 5.26. The molecular formula is C11H8BrFN2O3. The zero-order valence-electron chi connectivity index (χ0n) is 9.31. The summed E-state index contributed by atoms with van der Waals surface area (Å²) >= 11 is 3.20. The zero-order chi connectivity index (χ0) is 13.1. The number of halogens is 2. The van der Waals surface area contributed by atoms with Gasteiger partial charge in [-0.3, -0.25) is 4.79 Å². The predicted molar refractivity (Wildman–Crippen MR) is 63.1 cm³/mol. The van der Waals surface area contributed by atoms with Crippen LogP contribution < -0.4 is 0 Å². The minimum absolute atomic E-state index is 0.0949. The van der Waals surface area contributed by atoms with Crippen molar-refractivity contribution in [2.75, 3.05) is 7.11 Å². The lowest BCUT2D eigenvalue weighted by molar-refractivity contribution is -0.140. The molecule has 0 aliphatic heterocycles. The lowest BCUT2D eigenvalue weighted by atomic mass is 10.2. The highest BCUT2D eigenvalue weighted by atomic mass is 79.9. The normalized spacial score (nSPS) is 10.4. The largest absolute Gasteiger partial charge is 0.469 e. The van der Waals surface area contributed by atoms with Crippen molar-refractivity contribution >= 4 is 21.9 Å². The fraction of sp³-hybridized carbons (Fsp3) is 0.182. The Balaban J connectivity index is 2.26. The van der Waals surface area contributed by atoms with Crippen LogP contribution in [0, 0.1) is 5.82 Å². The average molecular weight is 315 g/mol. The SMILES string of the molecule is COC(=O)Cc1nc(-c2ccc(F)cc2Br)no1. The number of methoxy groups -OCH3 is 1. The Hall–Kier alpha value is -1.76. The maximum Gasteiger partial charge on any atom is 0.315 e. The van der Waals surface area contributed by atoms with Gasteiger partial charge in [0.2, 0.25) is 11.7 Å². The second-order valence-electron chi connectivity index (χ2n) is 3.39. The van der Waals surface area contributed by atoms with Crippen molar-refractivity contribution in [2.45, 2.75) is 6.42 Å². The Morgan fingerprint density at radius 2 is 2.33 bits per heavy atom. The zero-order valence-corrected chi connectivity index (χ0v) is 10.9. The Bertz CT molecular complexity index is 585. The summed E-state index contributed by atoms with van der Waals surface area (Å²) in [6, 6.07) is 4.11. The van der Waals surface area contributed by atoms with Crippen LogP contribution in [0.15, 0.2) is 27.2 Å². The van der Waals surface area contributed by atoms with Crippen molar-refractivity contribution in [3.05, 3.63) is 34.4 Å². The quantitative estimate of drug-likeness (QED) is 0.814. The summed E-state index contributed by atoms with van der Waals surface area (Å²) in [5.41, 5.74) is 0.580. The number of ether oxygens (including phenoxy) is 1. The van der Waals surface area contributed by atoms with Crippen LogP contribution in [0.25, 0.3) is 11.4 Å². The summed E-state index contributed by atoms with van der Waals surface area (Å²) < 4.78 is 22.8. The van der Waals surface area contributed by atoms with Crippen molar-refractivity contribution in [3.63, 3.8) is 0 Å². The molecule has 0 N–H and O–H groups in total. The smallest absolute Gasteiger partial charge is 0.315 e. The molecule has 7 heteroatoms. The van der Waals surface area contributed by atoms with Crippen LogP contribution in [0.4, 0.5) is 4.39 Å². The molecule has 0 fully saturated rings. The molecular weight excluding hydrogens is 307 g/mol. The van der Waals surface area contributed by atoms with Crippen LogP contribution in [-0.2, 0) is 16.0 Å². The number of rotatable bonds is 3. The highest BCUT2D eigenvalue weighted by molar-refractivity contribution is 9.10. The van der Waals surface area contributed by atoms with Crippen molar-refractivity contribution in [1.29, 1.82) is 0 Å². The standard InChI is InChI=1S/C11H8BrFN2O3/c1-17-10(16)5-9-14-11(15-18-9)7-3-2-6(13)4-8(7)12/h2-4H,5H2,1H3. The average Bonchev–Trinajstić information content (AvgIpc) is 2.77. The third-order valence-corrected chi connectivity index (χ3v) is 2.82. The summed E-state index contributed by atoms with van der Waals surface area (Å²) in [6.07, 6.45) is -0.0949. The van der Waals surface area contributed by atoms with Crippen molar-refractivity contribution < 1.29 is 18.4 Å². The monoisotopic (exact) mass is 314 g/mol. The Kier molecular flexibility index (Phi) is 3.71. The van der Waals surface area contributed by atoms with Gasteiger partial charge >= 0.3 is 5.97 Å². The van der Waals surface area contributed by atoms with Gasteiger partial charge in [-0.1, -0.05) is 5.16 Å². The molecule has 1 aromatic carbocycles. The maximum absolute atomic E-state index is 12.9. The molecule has 0 bridgehead atoms. The molecule has 1 heterocycles. The number of esters is 1. The Labute approximate surface area is 110 Å². The van der Waals surface area contributed by atoms with Crippen LogP contribution in [0.3, 0.4) is 0 Å². The molecule has 0 atom stereocenters. The molecule has 2 aromatic rings. The predicted octanol–water partition coefficient (Wildman–Crippen LogP) is 2.35. The van der Waals surface area contributed by atoms with E-state index in [1.54, 1.807) is 0 Å². The van der Waals surface area contributed by atoms with E-state index in [0.29, 0.717) is 10.0 Å². The van der Waals surface area contributed by atoms with Crippen molar-refractivity contribution in [1.82, 2.24) is 10.1 Å². The molecule has 0 aliphatic carbocycles. The van der Waals surface area contributed by atoms with E-state index in [9.17, 15) is 9.18 Å². The lowest BCUT2D eigenvalue weighted by Gasteiger charge is -1.98. The molecule has 94 valence electrons. The van der Waals surface area contributed by atoms with E-state index in [0.717, 1.165) is 0 Å². The van der Waals surface area contributed by atoms with Gasteiger partial charge in [0.05, 0.1) is 7.11 Å². The Morgan fingerprint density at radius 1 is 1.56 bits per heavy atom. The Morgan fingerprint density at radius 3 is 3.00 bits per heavy atom. The fourth-order valence-electron chi connectivity index (χ4n) is 1.30. The van der Waals surface area contributed by atoms with Gasteiger partial charge in [0.15, 0.2) is 0 Å². The van der Waals surface area contributed by atoms with Crippen molar-refractivity contribution in [2.24, 2.45) is 0 Å². The number of nitrogens with zero attached hydrogens (tertiary/aromatic N) is 2. The minimum Gasteiger partial charge on any atom is -0.469 e. The molecule has 0 aliphatic rings. The minimum atomic E-state index is -0.469. The number of carbonyl (C=O) groups excluding carboxylic acids is 1. The molecule has 0 amide bonds. The topological polar surface area (TPSA) is 65.2 Å². The summed E-state index contributed by atoms with van der Waals surface area (Å²) in [5, 5.41) is 3.72. The third kappa shape index (κ3) is 2.73. The van der Waals surface area contributed by atoms with Crippen LogP contribution in [-0.4, -0.2) is 23.2 Å².